The van der Waals surface area contributed by atoms with E-state index in [9.17, 15) is 4.79 Å². The maximum absolute atomic E-state index is 11.0. The molecule has 0 unspecified atom stereocenters. The van der Waals surface area contributed by atoms with Gasteiger partial charge in [0.25, 0.3) is 0 Å². The highest BCUT2D eigenvalue weighted by Crippen LogP contribution is 2.20. The number of hydrogen-bond donors (Lipinski definition) is 1. The fourth-order valence-electron chi connectivity index (χ4n) is 1.62. The lowest BCUT2D eigenvalue weighted by atomic mass is 9.89. The SMILES string of the molecule is CCOC(=O)N/N=C1/CCCC[C@H]1C. The van der Waals surface area contributed by atoms with Crippen molar-refractivity contribution < 1.29 is 9.53 Å². The van der Waals surface area contributed by atoms with Crippen molar-refractivity contribution in [3.63, 3.8) is 0 Å². The van der Waals surface area contributed by atoms with Gasteiger partial charge in [0, 0.05) is 5.71 Å². The summed E-state index contributed by atoms with van der Waals surface area (Å²) in [6.07, 6.45) is 4.14. The smallest absolute Gasteiger partial charge is 0.427 e. The number of nitrogens with one attached hydrogen (secondary N) is 1. The van der Waals surface area contributed by atoms with E-state index in [1.807, 2.05) is 0 Å². The minimum Gasteiger partial charge on any atom is -0.449 e. The van der Waals surface area contributed by atoms with Crippen LogP contribution in [0.2, 0.25) is 0 Å². The average Bonchev–Trinajstić information content (AvgIpc) is 2.17. The van der Waals surface area contributed by atoms with Crippen molar-refractivity contribution in [2.75, 3.05) is 6.61 Å². The molecule has 0 radical (unpaired) electrons. The van der Waals surface area contributed by atoms with Crippen molar-refractivity contribution in [1.82, 2.24) is 5.43 Å². The topological polar surface area (TPSA) is 50.7 Å². The van der Waals surface area contributed by atoms with Crippen molar-refractivity contribution in [3.8, 4) is 0 Å². The second-order valence-corrected chi connectivity index (χ2v) is 3.58. The van der Waals surface area contributed by atoms with Crippen LogP contribution in [0.4, 0.5) is 4.79 Å². The summed E-state index contributed by atoms with van der Waals surface area (Å²) < 4.78 is 4.71. The molecule has 1 rings (SSSR count). The molecule has 1 N–H and O–H groups in total. The van der Waals surface area contributed by atoms with E-state index in [0.717, 1.165) is 12.1 Å². The molecule has 1 amide bonds. The Morgan fingerprint density at radius 3 is 3.07 bits per heavy atom. The molecule has 4 heteroatoms. The van der Waals surface area contributed by atoms with E-state index >= 15 is 0 Å². The minimum atomic E-state index is -0.460. The first-order valence-electron chi connectivity index (χ1n) is 5.23. The second kappa shape index (κ2) is 5.62. The van der Waals surface area contributed by atoms with E-state index in [4.69, 9.17) is 4.74 Å². The maximum atomic E-state index is 11.0. The van der Waals surface area contributed by atoms with E-state index in [2.05, 4.69) is 17.5 Å². The Balaban J connectivity index is 2.38. The molecule has 80 valence electrons. The zero-order chi connectivity index (χ0) is 10.4. The van der Waals surface area contributed by atoms with E-state index in [0.29, 0.717) is 12.5 Å². The van der Waals surface area contributed by atoms with Crippen LogP contribution >= 0.6 is 0 Å². The molecule has 4 nitrogen and oxygen atoms in total. The largest absolute Gasteiger partial charge is 0.449 e. The minimum absolute atomic E-state index is 0.381. The fraction of sp³-hybridized carbons (Fsp3) is 0.800. The number of hydrazone groups is 1. The van der Waals surface area contributed by atoms with Crippen molar-refractivity contribution in [3.05, 3.63) is 0 Å². The second-order valence-electron chi connectivity index (χ2n) is 3.58. The van der Waals surface area contributed by atoms with Crippen molar-refractivity contribution in [1.29, 1.82) is 0 Å². The van der Waals surface area contributed by atoms with Gasteiger partial charge in [-0.1, -0.05) is 13.3 Å². The van der Waals surface area contributed by atoms with Crippen LogP contribution in [0.3, 0.4) is 0 Å². The van der Waals surface area contributed by atoms with Crippen molar-refractivity contribution in [2.45, 2.75) is 39.5 Å². The summed E-state index contributed by atoms with van der Waals surface area (Å²) in [7, 11) is 0. The lowest BCUT2D eigenvalue weighted by Crippen LogP contribution is -2.24. The maximum Gasteiger partial charge on any atom is 0.427 e. The van der Waals surface area contributed by atoms with Gasteiger partial charge in [0.15, 0.2) is 0 Å². The first-order valence-corrected chi connectivity index (χ1v) is 5.23. The molecule has 0 aliphatic heterocycles. The standard InChI is InChI=1S/C10H18N2O2/c1-3-14-10(13)12-11-9-7-5-4-6-8(9)2/h8H,3-7H2,1-2H3,(H,12,13)/b11-9-/t8-/m1/s1. The molecule has 0 aromatic carbocycles. The molecule has 1 aliphatic rings. The summed E-state index contributed by atoms with van der Waals surface area (Å²) in [4.78, 5) is 11.0. The average molecular weight is 198 g/mol. The molecule has 1 fully saturated rings. The number of ether oxygens (including phenoxy) is 1. The van der Waals surface area contributed by atoms with Gasteiger partial charge in [-0.05, 0) is 32.1 Å². The summed E-state index contributed by atoms with van der Waals surface area (Å²) >= 11 is 0. The Morgan fingerprint density at radius 1 is 1.64 bits per heavy atom. The van der Waals surface area contributed by atoms with Gasteiger partial charge in [-0.25, -0.2) is 10.2 Å². The normalized spacial score (nSPS) is 24.7. The van der Waals surface area contributed by atoms with Gasteiger partial charge in [0.1, 0.15) is 0 Å². The fourth-order valence-corrected chi connectivity index (χ4v) is 1.62. The molecule has 1 atom stereocenters. The summed E-state index contributed by atoms with van der Waals surface area (Å²) in [5.74, 6) is 0.491. The number of hydrogen-bond acceptors (Lipinski definition) is 3. The van der Waals surface area contributed by atoms with Gasteiger partial charge in [-0.15, -0.1) is 0 Å². The zero-order valence-electron chi connectivity index (χ0n) is 8.88. The van der Waals surface area contributed by atoms with Crippen LogP contribution in [0.25, 0.3) is 0 Å². The Hall–Kier alpha value is -1.06. The molecular formula is C10H18N2O2. The molecule has 0 bridgehead atoms. The first-order chi connectivity index (χ1) is 6.74. The molecule has 0 heterocycles. The lowest BCUT2D eigenvalue weighted by molar-refractivity contribution is 0.152. The molecule has 0 aromatic rings. The van der Waals surface area contributed by atoms with Crippen LogP contribution < -0.4 is 5.43 Å². The van der Waals surface area contributed by atoms with Gasteiger partial charge >= 0.3 is 6.09 Å². The number of carbonyl (C=O) groups is 1. The zero-order valence-corrected chi connectivity index (χ0v) is 8.88. The first kappa shape index (κ1) is 11.0. The third-order valence-corrected chi connectivity index (χ3v) is 2.46. The summed E-state index contributed by atoms with van der Waals surface area (Å²) in [6, 6.07) is 0. The molecule has 1 aliphatic carbocycles. The summed E-state index contributed by atoms with van der Waals surface area (Å²) in [5, 5.41) is 4.07. The predicted octanol–water partition coefficient (Wildman–Crippen LogP) is 2.30. The highest BCUT2D eigenvalue weighted by Gasteiger charge is 2.15. The molecule has 0 spiro atoms. The number of nitrogens with zero attached hydrogens (tertiary/aromatic N) is 1. The Bertz CT molecular complexity index is 226. The van der Waals surface area contributed by atoms with E-state index in [-0.39, 0.29) is 0 Å². The van der Waals surface area contributed by atoms with Gasteiger partial charge in [-0.2, -0.15) is 5.10 Å². The van der Waals surface area contributed by atoms with Crippen LogP contribution in [-0.2, 0) is 4.74 Å². The Kier molecular flexibility index (Phi) is 4.43. The number of rotatable bonds is 2. The Labute approximate surface area is 84.7 Å². The monoisotopic (exact) mass is 198 g/mol. The summed E-state index contributed by atoms with van der Waals surface area (Å²) in [5.41, 5.74) is 3.50. The van der Waals surface area contributed by atoms with E-state index in [1.165, 1.54) is 19.3 Å². The van der Waals surface area contributed by atoms with Crippen LogP contribution in [0.1, 0.15) is 39.5 Å². The number of carbonyl (C=O) groups excluding carboxylic acids is 1. The highest BCUT2D eigenvalue weighted by molar-refractivity contribution is 5.87. The molecule has 0 aromatic heterocycles. The van der Waals surface area contributed by atoms with E-state index in [1.54, 1.807) is 6.92 Å². The molecule has 14 heavy (non-hydrogen) atoms. The van der Waals surface area contributed by atoms with Crippen LogP contribution in [0.15, 0.2) is 5.10 Å². The van der Waals surface area contributed by atoms with Crippen LogP contribution in [-0.4, -0.2) is 18.4 Å². The molecule has 0 saturated heterocycles. The third-order valence-electron chi connectivity index (χ3n) is 2.46. The van der Waals surface area contributed by atoms with Gasteiger partial charge in [-0.3, -0.25) is 0 Å². The molecule has 1 saturated carbocycles. The van der Waals surface area contributed by atoms with Crippen molar-refractivity contribution >= 4 is 11.8 Å². The number of amides is 1. The lowest BCUT2D eigenvalue weighted by Gasteiger charge is -2.19. The highest BCUT2D eigenvalue weighted by atomic mass is 16.5. The third kappa shape index (κ3) is 3.36. The van der Waals surface area contributed by atoms with Gasteiger partial charge in [0.2, 0.25) is 0 Å². The summed E-state index contributed by atoms with van der Waals surface area (Å²) in [6.45, 7) is 4.30. The van der Waals surface area contributed by atoms with Crippen LogP contribution in [0.5, 0.6) is 0 Å². The van der Waals surface area contributed by atoms with Gasteiger partial charge < -0.3 is 4.74 Å². The molecular weight excluding hydrogens is 180 g/mol. The quantitative estimate of drug-likeness (QED) is 0.692. The van der Waals surface area contributed by atoms with Crippen LogP contribution in [0, 0.1) is 5.92 Å². The predicted molar refractivity (Wildman–Crippen MR) is 55.2 cm³/mol. The van der Waals surface area contributed by atoms with E-state index < -0.39 is 6.09 Å². The van der Waals surface area contributed by atoms with Gasteiger partial charge in [0.05, 0.1) is 6.61 Å². The Morgan fingerprint density at radius 2 is 2.43 bits per heavy atom. The van der Waals surface area contributed by atoms with Crippen molar-refractivity contribution in [2.24, 2.45) is 11.0 Å².